The normalized spacial score (nSPS) is 13.9. The summed E-state index contributed by atoms with van der Waals surface area (Å²) < 4.78 is 27.8. The Labute approximate surface area is 210 Å². The van der Waals surface area contributed by atoms with E-state index in [-0.39, 0.29) is 36.5 Å². The van der Waals surface area contributed by atoms with Crippen LogP contribution in [0.15, 0.2) is 42.6 Å². The molecule has 34 heavy (non-hydrogen) atoms. The topological polar surface area (TPSA) is 102 Å². The van der Waals surface area contributed by atoms with E-state index in [1.807, 2.05) is 6.07 Å². The molecule has 1 aromatic heterocycles. The fraction of sp³-hybridized carbons (Fsp3) is 0.455. The lowest BCUT2D eigenvalue weighted by molar-refractivity contribution is -0.144. The molecule has 1 unspecified atom stereocenters. The van der Waals surface area contributed by atoms with Gasteiger partial charge in [0.2, 0.25) is 0 Å². The fourth-order valence-corrected chi connectivity index (χ4v) is 5.73. The first-order valence-electron chi connectivity index (χ1n) is 10.7. The molecule has 1 heterocycles. The summed E-state index contributed by atoms with van der Waals surface area (Å²) in [7, 11) is -0.774. The monoisotopic (exact) mass is 532 g/mol. The number of methoxy groups -OCH3 is 1. The average molecular weight is 533 g/mol. The number of nitrogens with zero attached hydrogens (tertiary/aromatic N) is 2. The maximum absolute atomic E-state index is 14.0. The fourth-order valence-electron chi connectivity index (χ4n) is 3.20. The van der Waals surface area contributed by atoms with Crippen LogP contribution in [0.1, 0.15) is 24.3 Å². The van der Waals surface area contributed by atoms with E-state index < -0.39 is 25.6 Å². The van der Waals surface area contributed by atoms with Crippen LogP contribution < -0.4 is 14.9 Å². The molecule has 9 nitrogen and oxygen atoms in total. The number of carbonyl (C=O) groups is 2. The SMILES string of the molecule is COC(=O)[C@@H](NC(=O)c1cc(NP(=O)(Oc2ccccc2)N(CCCl)CCCl)cn1C)C(C)C. The number of aryl methyl sites for hydroxylation is 1. The molecule has 2 aromatic rings. The van der Waals surface area contributed by atoms with Crippen LogP contribution >= 0.6 is 30.9 Å². The molecule has 0 aliphatic rings. The first-order valence-corrected chi connectivity index (χ1v) is 13.3. The highest BCUT2D eigenvalue weighted by atomic mass is 35.5. The number of esters is 1. The van der Waals surface area contributed by atoms with Gasteiger partial charge in [-0.1, -0.05) is 32.0 Å². The van der Waals surface area contributed by atoms with Crippen molar-refractivity contribution < 1.29 is 23.4 Å². The zero-order valence-corrected chi connectivity index (χ0v) is 22.1. The van der Waals surface area contributed by atoms with Crippen LogP contribution in [0.2, 0.25) is 0 Å². The summed E-state index contributed by atoms with van der Waals surface area (Å²) in [5, 5.41) is 5.65. The number of amides is 1. The standard InChI is InChI=1S/C22H31Cl2N4O5P/c1-16(2)20(22(30)32-4)25-21(29)19-14-17(15-27(19)3)26-34(31,28(12-10-23)13-11-24)33-18-8-6-5-7-9-18/h5-9,14-16,20H,10-13H2,1-4H3,(H,25,29)(H,26,31)/t20-,34?/m0/s1. The van der Waals surface area contributed by atoms with Gasteiger partial charge in [0.1, 0.15) is 17.5 Å². The van der Waals surface area contributed by atoms with Crippen molar-refractivity contribution in [2.45, 2.75) is 19.9 Å². The zero-order valence-electron chi connectivity index (χ0n) is 19.7. The molecular formula is C22H31Cl2N4O5P. The number of alkyl halides is 2. The Balaban J connectivity index is 2.33. The van der Waals surface area contributed by atoms with Crippen LogP contribution in [0.4, 0.5) is 5.69 Å². The van der Waals surface area contributed by atoms with Crippen molar-refractivity contribution >= 4 is 48.4 Å². The van der Waals surface area contributed by atoms with Gasteiger partial charge in [-0.15, -0.1) is 23.2 Å². The van der Waals surface area contributed by atoms with E-state index in [1.165, 1.54) is 13.2 Å². The van der Waals surface area contributed by atoms with Gasteiger partial charge in [-0.3, -0.25) is 9.88 Å². The first-order chi connectivity index (χ1) is 16.1. The third-order valence-electron chi connectivity index (χ3n) is 4.95. The predicted octanol–water partition coefficient (Wildman–Crippen LogP) is 4.33. The summed E-state index contributed by atoms with van der Waals surface area (Å²) >= 11 is 11.9. The van der Waals surface area contributed by atoms with Crippen molar-refractivity contribution in [3.05, 3.63) is 48.3 Å². The van der Waals surface area contributed by atoms with Crippen molar-refractivity contribution in [1.82, 2.24) is 14.6 Å². The van der Waals surface area contributed by atoms with E-state index in [2.05, 4.69) is 10.4 Å². The number of halogens is 2. The van der Waals surface area contributed by atoms with E-state index in [0.717, 1.165) is 0 Å². The predicted molar refractivity (Wildman–Crippen MR) is 135 cm³/mol. The molecule has 2 atom stereocenters. The summed E-state index contributed by atoms with van der Waals surface area (Å²) in [4.78, 5) is 24.9. The molecular weight excluding hydrogens is 502 g/mol. The molecule has 2 rings (SSSR count). The second-order valence-electron chi connectivity index (χ2n) is 7.81. The number of anilines is 1. The number of hydrogen-bond donors (Lipinski definition) is 2. The van der Waals surface area contributed by atoms with Gasteiger partial charge >= 0.3 is 13.6 Å². The number of hydrogen-bond acceptors (Lipinski definition) is 5. The highest BCUT2D eigenvalue weighted by Gasteiger charge is 2.34. The minimum Gasteiger partial charge on any atom is -0.467 e. The maximum atomic E-state index is 14.0. The second-order valence-corrected chi connectivity index (χ2v) is 10.6. The number of benzene rings is 1. The van der Waals surface area contributed by atoms with Gasteiger partial charge in [0, 0.05) is 38.1 Å². The van der Waals surface area contributed by atoms with Gasteiger partial charge < -0.3 is 19.1 Å². The molecule has 1 amide bonds. The Hall–Kier alpha value is -2.19. The van der Waals surface area contributed by atoms with Crippen molar-refractivity contribution in [1.29, 1.82) is 0 Å². The highest BCUT2D eigenvalue weighted by Crippen LogP contribution is 2.50. The molecule has 0 bridgehead atoms. The molecule has 0 fully saturated rings. The molecule has 0 radical (unpaired) electrons. The average Bonchev–Trinajstić information content (AvgIpc) is 3.16. The lowest BCUT2D eigenvalue weighted by Crippen LogP contribution is -2.45. The first kappa shape index (κ1) is 28.1. The zero-order chi connectivity index (χ0) is 25.3. The van der Waals surface area contributed by atoms with Crippen LogP contribution in [0, 0.1) is 5.92 Å². The largest absolute Gasteiger partial charge is 0.467 e. The Kier molecular flexibility index (Phi) is 10.8. The van der Waals surface area contributed by atoms with Crippen LogP contribution in [0.5, 0.6) is 5.75 Å². The number of carbonyl (C=O) groups excluding carboxylic acids is 2. The Bertz CT molecular complexity index is 996. The second kappa shape index (κ2) is 13.0. The third kappa shape index (κ3) is 7.40. The van der Waals surface area contributed by atoms with Gasteiger partial charge in [0.25, 0.3) is 5.91 Å². The molecule has 12 heteroatoms. The lowest BCUT2D eigenvalue weighted by atomic mass is 10.0. The molecule has 0 aliphatic carbocycles. The van der Waals surface area contributed by atoms with Gasteiger partial charge in [0.05, 0.1) is 12.8 Å². The molecule has 0 saturated heterocycles. The summed E-state index contributed by atoms with van der Waals surface area (Å²) in [6.45, 7) is 4.14. The van der Waals surface area contributed by atoms with Crippen LogP contribution in [0.3, 0.4) is 0 Å². The van der Waals surface area contributed by atoms with Gasteiger partial charge in [-0.2, -0.15) is 0 Å². The Morgan fingerprint density at radius 2 is 1.76 bits per heavy atom. The van der Waals surface area contributed by atoms with E-state index in [0.29, 0.717) is 11.4 Å². The number of para-hydroxylation sites is 1. The van der Waals surface area contributed by atoms with E-state index >= 15 is 0 Å². The van der Waals surface area contributed by atoms with Crippen molar-refractivity contribution in [3.63, 3.8) is 0 Å². The molecule has 1 aromatic carbocycles. The van der Waals surface area contributed by atoms with Gasteiger partial charge in [0.15, 0.2) is 0 Å². The summed E-state index contributed by atoms with van der Waals surface area (Å²) in [6.07, 6.45) is 1.61. The summed E-state index contributed by atoms with van der Waals surface area (Å²) in [6, 6.07) is 9.47. The van der Waals surface area contributed by atoms with Crippen LogP contribution in [-0.4, -0.2) is 59.1 Å². The van der Waals surface area contributed by atoms with Gasteiger partial charge in [-0.25, -0.2) is 14.0 Å². The van der Waals surface area contributed by atoms with E-state index in [4.69, 9.17) is 32.5 Å². The van der Waals surface area contributed by atoms with E-state index in [9.17, 15) is 14.2 Å². The number of nitrogens with one attached hydrogen (secondary N) is 2. The number of aromatic nitrogens is 1. The Morgan fingerprint density at radius 1 is 1.15 bits per heavy atom. The highest BCUT2D eigenvalue weighted by molar-refractivity contribution is 7.58. The molecule has 0 spiro atoms. The smallest absolute Gasteiger partial charge is 0.419 e. The number of ether oxygens (including phenoxy) is 1. The quantitative estimate of drug-likeness (QED) is 0.225. The minimum absolute atomic E-state index is 0.173. The molecule has 2 N–H and O–H groups in total. The molecule has 0 saturated carbocycles. The lowest BCUT2D eigenvalue weighted by Gasteiger charge is -2.30. The van der Waals surface area contributed by atoms with Crippen molar-refractivity contribution in [2.75, 3.05) is 37.0 Å². The Morgan fingerprint density at radius 3 is 2.29 bits per heavy atom. The minimum atomic E-state index is -3.71. The van der Waals surface area contributed by atoms with E-state index in [1.54, 1.807) is 60.6 Å². The maximum Gasteiger partial charge on any atom is 0.419 e. The molecule has 0 aliphatic heterocycles. The van der Waals surface area contributed by atoms with Crippen molar-refractivity contribution in [3.8, 4) is 5.75 Å². The van der Waals surface area contributed by atoms with Crippen LogP contribution in [-0.2, 0) is 21.1 Å². The summed E-state index contributed by atoms with van der Waals surface area (Å²) in [5.41, 5.74) is 0.643. The molecule has 188 valence electrons. The number of rotatable bonds is 13. The van der Waals surface area contributed by atoms with Crippen LogP contribution in [0.25, 0.3) is 0 Å². The van der Waals surface area contributed by atoms with Gasteiger partial charge in [-0.05, 0) is 24.1 Å². The van der Waals surface area contributed by atoms with Crippen molar-refractivity contribution in [2.24, 2.45) is 13.0 Å². The summed E-state index contributed by atoms with van der Waals surface area (Å²) in [5.74, 6) is -0.348. The third-order valence-corrected chi connectivity index (χ3v) is 7.43.